The van der Waals surface area contributed by atoms with Gasteiger partial charge in [-0.2, -0.15) is 0 Å². The van der Waals surface area contributed by atoms with Crippen LogP contribution < -0.4 is 22.3 Å². The van der Waals surface area contributed by atoms with Crippen molar-refractivity contribution in [3.05, 3.63) is 23.8 Å². The number of aryl methyl sites for hydroxylation is 2. The van der Waals surface area contributed by atoms with Gasteiger partial charge in [-0.05, 0) is 24.6 Å². The summed E-state index contributed by atoms with van der Waals surface area (Å²) in [4.78, 5) is 3.28. The highest BCUT2D eigenvalue weighted by atomic mass is 35.5. The van der Waals surface area contributed by atoms with Crippen LogP contribution in [0.25, 0.3) is 11.0 Å². The molecule has 0 unspecified atom stereocenters. The number of halogens is 1. The predicted octanol–water partition coefficient (Wildman–Crippen LogP) is -2.29. The molecule has 0 radical (unpaired) electrons. The molecule has 5 heteroatoms. The van der Waals surface area contributed by atoms with E-state index < -0.39 is 0 Å². The summed E-state index contributed by atoms with van der Waals surface area (Å²) in [6.45, 7) is 2.76. The summed E-state index contributed by atoms with van der Waals surface area (Å²) in [6.07, 6.45) is 0. The molecule has 3 N–H and O–H groups in total. The molecule has 1 aromatic heterocycles. The van der Waals surface area contributed by atoms with Crippen LogP contribution in [0.4, 0.5) is 5.95 Å². The molecule has 4 nitrogen and oxygen atoms in total. The van der Waals surface area contributed by atoms with Crippen molar-refractivity contribution in [2.75, 3.05) is 18.5 Å². The Morgan fingerprint density at radius 2 is 2.19 bits per heavy atom. The number of hydrogen-bond acceptors (Lipinski definition) is 2. The molecule has 2 rings (SSSR count). The first-order chi connectivity index (χ1) is 7.22. The minimum Gasteiger partial charge on any atom is -1.00 e. The second-order valence-electron chi connectivity index (χ2n) is 3.70. The average Bonchev–Trinajstić information content (AvgIpc) is 2.52. The molecule has 16 heavy (non-hydrogen) atoms. The molecule has 0 aliphatic heterocycles. The monoisotopic (exact) mass is 241 g/mol. The van der Waals surface area contributed by atoms with Gasteiger partial charge in [-0.3, -0.25) is 5.32 Å². The summed E-state index contributed by atoms with van der Waals surface area (Å²) < 4.78 is 2.05. The molecule has 0 aliphatic rings. The smallest absolute Gasteiger partial charge is 0.355 e. The number of nitrogens with zero attached hydrogens (tertiary/aromatic N) is 1. The Labute approximate surface area is 101 Å². The Kier molecular flexibility index (Phi) is 4.15. The minimum atomic E-state index is 0. The third-order valence-electron chi connectivity index (χ3n) is 2.51. The quantitative estimate of drug-likeness (QED) is 0.530. The lowest BCUT2D eigenvalue weighted by atomic mass is 10.2. The summed E-state index contributed by atoms with van der Waals surface area (Å²) in [7, 11) is 1.99. The number of nitrogens with one attached hydrogen (secondary N) is 2. The SMILES string of the molecule is Cc1ccc2c(c1)[nH]c(NCCO)[n+]2C.[Cl-]. The van der Waals surface area contributed by atoms with E-state index >= 15 is 0 Å². The molecule has 0 bridgehead atoms. The number of aliphatic hydroxyl groups excluding tert-OH is 1. The number of aliphatic hydroxyl groups is 1. The van der Waals surface area contributed by atoms with Gasteiger partial charge in [-0.25, -0.2) is 9.55 Å². The van der Waals surface area contributed by atoms with E-state index in [9.17, 15) is 0 Å². The maximum absolute atomic E-state index is 8.75. The van der Waals surface area contributed by atoms with Gasteiger partial charge < -0.3 is 17.5 Å². The molecule has 0 saturated carbocycles. The Hall–Kier alpha value is -1.26. The zero-order valence-electron chi connectivity index (χ0n) is 9.42. The lowest BCUT2D eigenvalue weighted by Crippen LogP contribution is -3.00. The van der Waals surface area contributed by atoms with Gasteiger partial charge in [0.05, 0.1) is 20.2 Å². The van der Waals surface area contributed by atoms with Crippen LogP contribution >= 0.6 is 0 Å². The Bertz CT molecular complexity index is 481. The molecular weight excluding hydrogens is 226 g/mol. The zero-order chi connectivity index (χ0) is 10.8. The number of aromatic amines is 1. The molecule has 0 atom stereocenters. The van der Waals surface area contributed by atoms with E-state index in [-0.39, 0.29) is 19.0 Å². The van der Waals surface area contributed by atoms with Crippen LogP contribution in [-0.2, 0) is 7.05 Å². The van der Waals surface area contributed by atoms with Gasteiger partial charge in [-0.15, -0.1) is 0 Å². The van der Waals surface area contributed by atoms with Gasteiger partial charge in [0.15, 0.2) is 0 Å². The molecule has 0 fully saturated rings. The van der Waals surface area contributed by atoms with E-state index in [0.717, 1.165) is 17.0 Å². The van der Waals surface area contributed by atoms with Gasteiger partial charge in [0.25, 0.3) is 0 Å². The van der Waals surface area contributed by atoms with Crippen LogP contribution in [0.2, 0.25) is 0 Å². The number of benzene rings is 1. The number of imidazole rings is 1. The highest BCUT2D eigenvalue weighted by Crippen LogP contribution is 2.13. The third-order valence-corrected chi connectivity index (χ3v) is 2.51. The van der Waals surface area contributed by atoms with Gasteiger partial charge in [0.2, 0.25) is 0 Å². The topological polar surface area (TPSA) is 51.9 Å². The molecule has 1 aromatic carbocycles. The van der Waals surface area contributed by atoms with Crippen molar-refractivity contribution in [1.82, 2.24) is 4.98 Å². The van der Waals surface area contributed by atoms with Crippen molar-refractivity contribution in [2.45, 2.75) is 6.92 Å². The standard InChI is InChI=1S/C11H15N3O.ClH/c1-8-3-4-10-9(7-8)13-11(14(10)2)12-5-6-15;/h3-4,7,15H,5-6H2,1-2H3,(H,12,13);1H. The molecule has 1 heterocycles. The van der Waals surface area contributed by atoms with Crippen LogP contribution in [-0.4, -0.2) is 23.2 Å². The third kappa shape index (κ3) is 2.28. The molecule has 0 aliphatic carbocycles. The molecule has 88 valence electrons. The van der Waals surface area contributed by atoms with E-state index in [1.165, 1.54) is 5.56 Å². The summed E-state index contributed by atoms with van der Waals surface area (Å²) in [5.74, 6) is 0.921. The van der Waals surface area contributed by atoms with E-state index in [2.05, 4.69) is 35.4 Å². The lowest BCUT2D eigenvalue weighted by molar-refractivity contribution is -0.629. The predicted molar refractivity (Wildman–Crippen MR) is 59.8 cm³/mol. The van der Waals surface area contributed by atoms with Crippen molar-refractivity contribution in [1.29, 1.82) is 0 Å². The number of rotatable bonds is 3. The molecule has 0 amide bonds. The fourth-order valence-electron chi connectivity index (χ4n) is 1.71. The van der Waals surface area contributed by atoms with Crippen LogP contribution in [0.5, 0.6) is 0 Å². The van der Waals surface area contributed by atoms with Crippen molar-refractivity contribution < 1.29 is 22.1 Å². The summed E-state index contributed by atoms with van der Waals surface area (Å²) >= 11 is 0. The first-order valence-corrected chi connectivity index (χ1v) is 5.05. The molecule has 2 aromatic rings. The van der Waals surface area contributed by atoms with E-state index in [0.29, 0.717) is 6.54 Å². The second-order valence-corrected chi connectivity index (χ2v) is 3.70. The number of fused-ring (bicyclic) bond motifs is 1. The van der Waals surface area contributed by atoms with Crippen molar-refractivity contribution in [3.8, 4) is 0 Å². The highest BCUT2D eigenvalue weighted by molar-refractivity contribution is 5.73. The first-order valence-electron chi connectivity index (χ1n) is 5.05. The molecular formula is C11H16ClN3O. The van der Waals surface area contributed by atoms with Gasteiger partial charge in [0, 0.05) is 0 Å². The summed E-state index contributed by atoms with van der Waals surface area (Å²) in [5, 5.41) is 11.9. The normalized spacial score (nSPS) is 10.2. The van der Waals surface area contributed by atoms with Gasteiger partial charge in [0.1, 0.15) is 11.0 Å². The Morgan fingerprint density at radius 1 is 1.44 bits per heavy atom. The minimum absolute atomic E-state index is 0. The Balaban J connectivity index is 0.00000128. The van der Waals surface area contributed by atoms with Gasteiger partial charge in [-0.1, -0.05) is 6.07 Å². The number of hydrogen-bond donors (Lipinski definition) is 3. The average molecular weight is 242 g/mol. The van der Waals surface area contributed by atoms with E-state index in [1.54, 1.807) is 0 Å². The summed E-state index contributed by atoms with van der Waals surface area (Å²) in [6, 6.07) is 6.29. The highest BCUT2D eigenvalue weighted by Gasteiger charge is 2.12. The largest absolute Gasteiger partial charge is 1.00 e. The molecule has 0 saturated heterocycles. The van der Waals surface area contributed by atoms with Crippen LogP contribution in [0.3, 0.4) is 0 Å². The van der Waals surface area contributed by atoms with E-state index in [4.69, 9.17) is 5.11 Å². The van der Waals surface area contributed by atoms with E-state index in [1.807, 2.05) is 11.6 Å². The van der Waals surface area contributed by atoms with Crippen molar-refractivity contribution in [3.63, 3.8) is 0 Å². The number of anilines is 1. The lowest BCUT2D eigenvalue weighted by Gasteiger charge is -1.95. The maximum atomic E-state index is 8.75. The number of aromatic nitrogens is 2. The van der Waals surface area contributed by atoms with Crippen molar-refractivity contribution >= 4 is 17.0 Å². The van der Waals surface area contributed by atoms with Crippen LogP contribution in [0.1, 0.15) is 5.56 Å². The Morgan fingerprint density at radius 3 is 2.88 bits per heavy atom. The zero-order valence-corrected chi connectivity index (χ0v) is 10.2. The first kappa shape index (κ1) is 12.8. The fourth-order valence-corrected chi connectivity index (χ4v) is 1.71. The molecule has 0 spiro atoms. The number of H-pyrrole nitrogens is 1. The van der Waals surface area contributed by atoms with Gasteiger partial charge >= 0.3 is 5.95 Å². The van der Waals surface area contributed by atoms with Crippen molar-refractivity contribution in [2.24, 2.45) is 7.05 Å². The van der Waals surface area contributed by atoms with Crippen LogP contribution in [0.15, 0.2) is 18.2 Å². The van der Waals surface area contributed by atoms with Crippen LogP contribution in [0, 0.1) is 6.92 Å². The fraction of sp³-hybridized carbons (Fsp3) is 0.364. The maximum Gasteiger partial charge on any atom is 0.355 e. The summed E-state index contributed by atoms with van der Waals surface area (Å²) in [5.41, 5.74) is 3.50. The second kappa shape index (κ2) is 5.18.